The fourth-order valence-corrected chi connectivity index (χ4v) is 2.53. The Balaban J connectivity index is 1.93. The normalized spacial score (nSPS) is 11.5. The zero-order chi connectivity index (χ0) is 15.5. The van der Waals surface area contributed by atoms with Crippen LogP contribution in [0.2, 0.25) is 5.02 Å². The van der Waals surface area contributed by atoms with Crippen LogP contribution in [0.25, 0.3) is 0 Å². The lowest BCUT2D eigenvalue weighted by Gasteiger charge is -2.07. The molecule has 0 aliphatic carbocycles. The maximum absolute atomic E-state index is 11.1. The number of nitrogens with one attached hydrogen (secondary N) is 1. The molecule has 2 aromatic carbocycles. The second-order valence-corrected chi connectivity index (χ2v) is 6.55. The highest BCUT2D eigenvalue weighted by molar-refractivity contribution is 7.89. The monoisotopic (exact) mass is 326 g/mol. The number of sulfonamides is 1. The molecule has 4 N–H and O–H groups in total. The Labute approximate surface area is 128 Å². The van der Waals surface area contributed by atoms with Crippen molar-refractivity contribution in [2.45, 2.75) is 18.0 Å². The Morgan fingerprint density at radius 1 is 1.05 bits per heavy atom. The maximum Gasteiger partial charge on any atom is 0.238 e. The van der Waals surface area contributed by atoms with Crippen LogP contribution in [0.5, 0.6) is 5.75 Å². The van der Waals surface area contributed by atoms with Crippen LogP contribution in [0.3, 0.4) is 0 Å². The van der Waals surface area contributed by atoms with Gasteiger partial charge in [-0.2, -0.15) is 0 Å². The lowest BCUT2D eigenvalue weighted by Crippen LogP contribution is -2.14. The first-order valence-corrected chi connectivity index (χ1v) is 8.08. The van der Waals surface area contributed by atoms with Gasteiger partial charge in [-0.3, -0.25) is 0 Å². The molecule has 0 aromatic heterocycles. The Morgan fingerprint density at radius 3 is 2.19 bits per heavy atom. The van der Waals surface area contributed by atoms with Crippen LogP contribution in [0.1, 0.15) is 11.1 Å². The van der Waals surface area contributed by atoms with Crippen LogP contribution in [0.15, 0.2) is 47.4 Å². The fourth-order valence-electron chi connectivity index (χ4n) is 1.81. The van der Waals surface area contributed by atoms with Crippen LogP contribution < -0.4 is 10.5 Å². The standard InChI is InChI=1S/C14H15ClN2O3S/c15-13-7-11(3-6-14(13)18)9-17-8-10-1-4-12(5-2-10)21(16,19)20/h1-7,17-18H,8-9H2,(H2,16,19,20). The van der Waals surface area contributed by atoms with E-state index in [0.29, 0.717) is 18.1 Å². The lowest BCUT2D eigenvalue weighted by molar-refractivity contribution is 0.475. The average Bonchev–Trinajstić information content (AvgIpc) is 2.42. The van der Waals surface area contributed by atoms with E-state index in [1.54, 1.807) is 30.3 Å². The molecule has 0 fully saturated rings. The van der Waals surface area contributed by atoms with Gasteiger partial charge in [0.25, 0.3) is 0 Å². The number of halogens is 1. The third-order valence-electron chi connectivity index (χ3n) is 2.92. The average molecular weight is 327 g/mol. The number of nitrogens with two attached hydrogens (primary N) is 1. The third-order valence-corrected chi connectivity index (χ3v) is 4.15. The number of primary sulfonamides is 1. The fraction of sp³-hybridized carbons (Fsp3) is 0.143. The van der Waals surface area contributed by atoms with Gasteiger partial charge in [0.1, 0.15) is 5.75 Å². The van der Waals surface area contributed by atoms with Crippen molar-refractivity contribution < 1.29 is 13.5 Å². The highest BCUT2D eigenvalue weighted by Crippen LogP contribution is 2.23. The molecule has 7 heteroatoms. The van der Waals surface area contributed by atoms with E-state index in [9.17, 15) is 13.5 Å². The highest BCUT2D eigenvalue weighted by atomic mass is 35.5. The molecule has 0 saturated carbocycles. The van der Waals surface area contributed by atoms with Gasteiger partial charge in [-0.15, -0.1) is 0 Å². The molecule has 0 spiro atoms. The summed E-state index contributed by atoms with van der Waals surface area (Å²) in [5, 5.41) is 17.9. The summed E-state index contributed by atoms with van der Waals surface area (Å²) in [6.45, 7) is 1.15. The van der Waals surface area contributed by atoms with Crippen molar-refractivity contribution in [3.8, 4) is 5.75 Å². The minimum absolute atomic E-state index is 0.0546. The van der Waals surface area contributed by atoms with Gasteiger partial charge in [0.15, 0.2) is 0 Å². The van der Waals surface area contributed by atoms with Crippen molar-refractivity contribution in [3.05, 3.63) is 58.6 Å². The zero-order valence-corrected chi connectivity index (χ0v) is 12.7. The quantitative estimate of drug-likeness (QED) is 0.783. The second-order valence-electron chi connectivity index (χ2n) is 4.58. The minimum atomic E-state index is -3.65. The molecule has 0 radical (unpaired) electrons. The molecule has 0 amide bonds. The van der Waals surface area contributed by atoms with Crippen LogP contribution in [-0.2, 0) is 23.1 Å². The molecule has 21 heavy (non-hydrogen) atoms. The number of benzene rings is 2. The predicted octanol–water partition coefficient (Wildman–Crippen LogP) is 1.98. The number of rotatable bonds is 5. The van der Waals surface area contributed by atoms with Crippen molar-refractivity contribution in [2.24, 2.45) is 5.14 Å². The third kappa shape index (κ3) is 4.44. The summed E-state index contributed by atoms with van der Waals surface area (Å²) in [6, 6.07) is 11.4. The first-order valence-electron chi connectivity index (χ1n) is 6.16. The highest BCUT2D eigenvalue weighted by Gasteiger charge is 2.06. The predicted molar refractivity (Wildman–Crippen MR) is 81.5 cm³/mol. The molecule has 2 aromatic rings. The van der Waals surface area contributed by atoms with E-state index in [1.807, 2.05) is 0 Å². The van der Waals surface area contributed by atoms with Crippen molar-refractivity contribution >= 4 is 21.6 Å². The molecule has 112 valence electrons. The molecule has 0 atom stereocenters. The Morgan fingerprint density at radius 2 is 1.62 bits per heavy atom. The Hall–Kier alpha value is -1.60. The van der Waals surface area contributed by atoms with Gasteiger partial charge in [0.2, 0.25) is 10.0 Å². The molecule has 0 heterocycles. The van der Waals surface area contributed by atoms with Gasteiger partial charge in [-0.1, -0.05) is 29.8 Å². The van der Waals surface area contributed by atoms with Crippen molar-refractivity contribution in [2.75, 3.05) is 0 Å². The number of aromatic hydroxyl groups is 1. The summed E-state index contributed by atoms with van der Waals surface area (Å²) in [5.74, 6) is 0.0546. The molecule has 0 aliphatic heterocycles. The van der Waals surface area contributed by atoms with E-state index < -0.39 is 10.0 Å². The Kier molecular flexibility index (Phi) is 4.84. The number of hydrogen-bond acceptors (Lipinski definition) is 4. The first-order chi connectivity index (χ1) is 9.86. The van der Waals surface area contributed by atoms with Gasteiger partial charge in [0.05, 0.1) is 9.92 Å². The smallest absolute Gasteiger partial charge is 0.238 e. The molecule has 0 saturated heterocycles. The van der Waals surface area contributed by atoms with Crippen LogP contribution in [0, 0.1) is 0 Å². The largest absolute Gasteiger partial charge is 0.506 e. The maximum atomic E-state index is 11.1. The van der Waals surface area contributed by atoms with Crippen LogP contribution in [0.4, 0.5) is 0 Å². The van der Waals surface area contributed by atoms with Gasteiger partial charge < -0.3 is 10.4 Å². The van der Waals surface area contributed by atoms with Gasteiger partial charge in [0, 0.05) is 13.1 Å². The number of phenols is 1. The topological polar surface area (TPSA) is 92.4 Å². The molecule has 0 unspecified atom stereocenters. The van der Waals surface area contributed by atoms with Crippen molar-refractivity contribution in [3.63, 3.8) is 0 Å². The van der Waals surface area contributed by atoms with E-state index in [0.717, 1.165) is 11.1 Å². The van der Waals surface area contributed by atoms with E-state index in [1.165, 1.54) is 12.1 Å². The lowest BCUT2D eigenvalue weighted by atomic mass is 10.2. The van der Waals surface area contributed by atoms with E-state index in [-0.39, 0.29) is 10.6 Å². The Bertz CT molecular complexity index is 730. The summed E-state index contributed by atoms with van der Waals surface area (Å²) < 4.78 is 22.3. The molecule has 2 rings (SSSR count). The molecular formula is C14H15ClN2O3S. The summed E-state index contributed by atoms with van der Waals surface area (Å²) >= 11 is 5.82. The summed E-state index contributed by atoms with van der Waals surface area (Å²) in [5.41, 5.74) is 1.88. The van der Waals surface area contributed by atoms with E-state index in [4.69, 9.17) is 16.7 Å². The molecule has 5 nitrogen and oxygen atoms in total. The van der Waals surface area contributed by atoms with Gasteiger partial charge >= 0.3 is 0 Å². The SMILES string of the molecule is NS(=O)(=O)c1ccc(CNCc2ccc(O)c(Cl)c2)cc1. The molecule has 0 aliphatic rings. The van der Waals surface area contributed by atoms with Crippen LogP contribution in [-0.4, -0.2) is 13.5 Å². The summed E-state index contributed by atoms with van der Waals surface area (Å²) in [6.07, 6.45) is 0. The molecule has 0 bridgehead atoms. The summed E-state index contributed by atoms with van der Waals surface area (Å²) in [4.78, 5) is 0.0940. The van der Waals surface area contributed by atoms with Crippen molar-refractivity contribution in [1.29, 1.82) is 0 Å². The van der Waals surface area contributed by atoms with Gasteiger partial charge in [-0.25, -0.2) is 13.6 Å². The van der Waals surface area contributed by atoms with Gasteiger partial charge in [-0.05, 0) is 35.4 Å². The van der Waals surface area contributed by atoms with E-state index in [2.05, 4.69) is 5.32 Å². The number of hydrogen-bond donors (Lipinski definition) is 3. The van der Waals surface area contributed by atoms with Crippen molar-refractivity contribution in [1.82, 2.24) is 5.32 Å². The zero-order valence-electron chi connectivity index (χ0n) is 11.1. The minimum Gasteiger partial charge on any atom is -0.506 e. The first kappa shape index (κ1) is 15.8. The summed E-state index contributed by atoms with van der Waals surface area (Å²) in [7, 11) is -3.65. The number of phenolic OH excluding ortho intramolecular Hbond substituents is 1. The second kappa shape index (κ2) is 6.44. The van der Waals surface area contributed by atoms with E-state index >= 15 is 0 Å². The van der Waals surface area contributed by atoms with Crippen LogP contribution >= 0.6 is 11.6 Å². The molecular weight excluding hydrogens is 312 g/mol.